The lowest BCUT2D eigenvalue weighted by Gasteiger charge is -2.30. The maximum absolute atomic E-state index is 13.1. The van der Waals surface area contributed by atoms with Gasteiger partial charge >= 0.3 is 23.7 Å². The van der Waals surface area contributed by atoms with Gasteiger partial charge in [-0.3, -0.25) is 9.59 Å². The molecule has 1 aliphatic rings. The fraction of sp³-hybridized carbons (Fsp3) is 0.885. The van der Waals surface area contributed by atoms with Gasteiger partial charge in [0, 0.05) is 12.8 Å². The van der Waals surface area contributed by atoms with E-state index >= 15 is 0 Å². The Kier molecular flexibility index (Phi) is 15.1. The van der Waals surface area contributed by atoms with Crippen molar-refractivity contribution in [1.29, 1.82) is 0 Å². The van der Waals surface area contributed by atoms with Crippen LogP contribution in [-0.2, 0) is 23.9 Å². The standard InChI is InChI=1S/C26H46O6/c1-3-5-7-9-13-17-21-26(25(29)30)31-23(27)20-16-12-10-11-15-19-22(24(28)32-26)18-14-8-6-4-2/h22H,3-21H2,1-2H3,(H,29,30). The third-order valence-electron chi connectivity index (χ3n) is 6.40. The van der Waals surface area contributed by atoms with Crippen LogP contribution in [0, 0.1) is 5.92 Å². The molecule has 1 rings (SSSR count). The molecular weight excluding hydrogens is 408 g/mol. The van der Waals surface area contributed by atoms with E-state index in [1.54, 1.807) is 0 Å². The van der Waals surface area contributed by atoms with Gasteiger partial charge in [0.1, 0.15) is 0 Å². The predicted octanol–water partition coefficient (Wildman–Crippen LogP) is 6.94. The Hall–Kier alpha value is -1.59. The first kappa shape index (κ1) is 28.4. The molecular formula is C26H46O6. The summed E-state index contributed by atoms with van der Waals surface area (Å²) in [5.74, 6) is -5.04. The first-order valence-electron chi connectivity index (χ1n) is 13.1. The third-order valence-corrected chi connectivity index (χ3v) is 6.40. The third kappa shape index (κ3) is 11.3. The van der Waals surface area contributed by atoms with Crippen molar-refractivity contribution in [2.75, 3.05) is 0 Å². The van der Waals surface area contributed by atoms with Crippen LogP contribution in [0.4, 0.5) is 0 Å². The van der Waals surface area contributed by atoms with Gasteiger partial charge in [0.25, 0.3) is 0 Å². The highest BCUT2D eigenvalue weighted by Gasteiger charge is 2.47. The second kappa shape index (κ2) is 17.0. The second-order valence-corrected chi connectivity index (χ2v) is 9.32. The number of carboxylic acids is 1. The molecule has 2 atom stereocenters. The normalized spacial score (nSPS) is 23.4. The van der Waals surface area contributed by atoms with Gasteiger partial charge in [-0.05, 0) is 25.7 Å². The van der Waals surface area contributed by atoms with Crippen LogP contribution in [0.15, 0.2) is 0 Å². The highest BCUT2D eigenvalue weighted by atomic mass is 16.7. The minimum Gasteiger partial charge on any atom is -0.475 e. The monoisotopic (exact) mass is 454 g/mol. The zero-order valence-electron chi connectivity index (χ0n) is 20.5. The van der Waals surface area contributed by atoms with E-state index in [9.17, 15) is 19.5 Å². The van der Waals surface area contributed by atoms with Crippen molar-refractivity contribution in [2.45, 2.75) is 142 Å². The Morgan fingerprint density at radius 1 is 0.844 bits per heavy atom. The molecule has 186 valence electrons. The number of cyclic esters (lactones) is 2. The van der Waals surface area contributed by atoms with Crippen LogP contribution < -0.4 is 0 Å². The van der Waals surface area contributed by atoms with Gasteiger partial charge in [-0.15, -0.1) is 0 Å². The molecule has 1 aliphatic heterocycles. The van der Waals surface area contributed by atoms with Crippen molar-refractivity contribution in [2.24, 2.45) is 5.92 Å². The van der Waals surface area contributed by atoms with E-state index in [4.69, 9.17) is 9.47 Å². The van der Waals surface area contributed by atoms with Gasteiger partial charge in [0.2, 0.25) is 0 Å². The minimum atomic E-state index is -2.20. The summed E-state index contributed by atoms with van der Waals surface area (Å²) in [5, 5.41) is 10.0. The van der Waals surface area contributed by atoms with E-state index in [0.717, 1.165) is 83.5 Å². The molecule has 32 heavy (non-hydrogen) atoms. The van der Waals surface area contributed by atoms with Crippen LogP contribution in [0.25, 0.3) is 0 Å². The lowest BCUT2D eigenvalue weighted by atomic mass is 9.94. The van der Waals surface area contributed by atoms with Crippen molar-refractivity contribution in [3.8, 4) is 0 Å². The molecule has 0 aromatic carbocycles. The smallest absolute Gasteiger partial charge is 0.390 e. The quantitative estimate of drug-likeness (QED) is 0.239. The van der Waals surface area contributed by atoms with E-state index in [2.05, 4.69) is 13.8 Å². The number of carbonyl (C=O) groups is 3. The molecule has 0 bridgehead atoms. The summed E-state index contributed by atoms with van der Waals surface area (Å²) >= 11 is 0. The van der Waals surface area contributed by atoms with E-state index in [-0.39, 0.29) is 18.8 Å². The van der Waals surface area contributed by atoms with Gasteiger partial charge in [-0.25, -0.2) is 4.79 Å². The van der Waals surface area contributed by atoms with Gasteiger partial charge in [-0.1, -0.05) is 97.3 Å². The van der Waals surface area contributed by atoms with Crippen LogP contribution in [0.5, 0.6) is 0 Å². The van der Waals surface area contributed by atoms with Crippen molar-refractivity contribution < 1.29 is 29.0 Å². The highest BCUT2D eigenvalue weighted by molar-refractivity contribution is 5.84. The average molecular weight is 455 g/mol. The molecule has 0 aromatic rings. The second-order valence-electron chi connectivity index (χ2n) is 9.32. The molecule has 1 heterocycles. The van der Waals surface area contributed by atoms with Gasteiger partial charge in [-0.2, -0.15) is 0 Å². The number of carbonyl (C=O) groups excluding carboxylic acids is 2. The minimum absolute atomic E-state index is 0.00843. The summed E-state index contributed by atoms with van der Waals surface area (Å²) in [6.45, 7) is 4.29. The van der Waals surface area contributed by atoms with E-state index in [1.165, 1.54) is 0 Å². The molecule has 0 aromatic heterocycles. The van der Waals surface area contributed by atoms with Gasteiger partial charge < -0.3 is 14.6 Å². The van der Waals surface area contributed by atoms with E-state index in [1.807, 2.05) is 0 Å². The number of ether oxygens (including phenoxy) is 2. The maximum Gasteiger partial charge on any atom is 0.390 e. The number of rotatable bonds is 13. The molecule has 0 spiro atoms. The molecule has 1 fully saturated rings. The first-order chi connectivity index (χ1) is 15.4. The highest BCUT2D eigenvalue weighted by Crippen LogP contribution is 2.29. The number of esters is 2. The SMILES string of the molecule is CCCCCCCCC1(C(=O)O)OC(=O)CCCCCCCC(CCCCCC)C(=O)O1. The van der Waals surface area contributed by atoms with Crippen molar-refractivity contribution in [3.63, 3.8) is 0 Å². The Morgan fingerprint density at radius 2 is 1.44 bits per heavy atom. The molecule has 2 unspecified atom stereocenters. The summed E-state index contributed by atoms with van der Waals surface area (Å²) < 4.78 is 11.0. The number of unbranched alkanes of at least 4 members (excludes halogenated alkanes) is 8. The molecule has 6 heteroatoms. The van der Waals surface area contributed by atoms with E-state index < -0.39 is 23.7 Å². The first-order valence-corrected chi connectivity index (χ1v) is 13.1. The Labute approximate surface area is 194 Å². The summed E-state index contributed by atoms with van der Waals surface area (Å²) in [7, 11) is 0. The summed E-state index contributed by atoms with van der Waals surface area (Å²) in [6.07, 6.45) is 16.0. The molecule has 0 saturated carbocycles. The fourth-order valence-electron chi connectivity index (χ4n) is 4.32. The maximum atomic E-state index is 13.1. The molecule has 1 saturated heterocycles. The van der Waals surface area contributed by atoms with Crippen molar-refractivity contribution in [3.05, 3.63) is 0 Å². The topological polar surface area (TPSA) is 89.9 Å². The summed E-state index contributed by atoms with van der Waals surface area (Å²) in [4.78, 5) is 37.8. The van der Waals surface area contributed by atoms with Crippen LogP contribution in [0.3, 0.4) is 0 Å². The van der Waals surface area contributed by atoms with Crippen molar-refractivity contribution >= 4 is 17.9 Å². The zero-order chi connectivity index (χ0) is 23.7. The largest absolute Gasteiger partial charge is 0.475 e. The number of carboxylic acid groups (broad SMARTS) is 1. The van der Waals surface area contributed by atoms with Gasteiger partial charge in [0.05, 0.1) is 5.92 Å². The summed E-state index contributed by atoms with van der Waals surface area (Å²) in [6, 6.07) is 0. The van der Waals surface area contributed by atoms with Crippen LogP contribution in [0.2, 0.25) is 0 Å². The molecule has 0 aliphatic carbocycles. The number of aliphatic carboxylic acids is 1. The lowest BCUT2D eigenvalue weighted by molar-refractivity contribution is -0.241. The fourth-order valence-corrected chi connectivity index (χ4v) is 4.32. The lowest BCUT2D eigenvalue weighted by Crippen LogP contribution is -2.48. The summed E-state index contributed by atoms with van der Waals surface area (Å²) in [5.41, 5.74) is 0. The molecule has 0 radical (unpaired) electrons. The predicted molar refractivity (Wildman–Crippen MR) is 125 cm³/mol. The Morgan fingerprint density at radius 3 is 2.12 bits per heavy atom. The van der Waals surface area contributed by atoms with Crippen LogP contribution >= 0.6 is 0 Å². The van der Waals surface area contributed by atoms with E-state index in [0.29, 0.717) is 25.7 Å². The molecule has 1 N–H and O–H groups in total. The Bertz CT molecular complexity index is 546. The zero-order valence-corrected chi connectivity index (χ0v) is 20.5. The van der Waals surface area contributed by atoms with Crippen molar-refractivity contribution in [1.82, 2.24) is 0 Å². The number of hydrogen-bond donors (Lipinski definition) is 1. The van der Waals surface area contributed by atoms with Crippen LogP contribution in [0.1, 0.15) is 136 Å². The number of hydrogen-bond acceptors (Lipinski definition) is 5. The average Bonchev–Trinajstić information content (AvgIpc) is 2.76. The molecule has 6 nitrogen and oxygen atoms in total. The molecule has 0 amide bonds. The van der Waals surface area contributed by atoms with Crippen LogP contribution in [-0.4, -0.2) is 28.8 Å². The Balaban J connectivity index is 2.93. The van der Waals surface area contributed by atoms with Gasteiger partial charge in [0.15, 0.2) is 0 Å².